The molecule has 0 atom stereocenters. The van der Waals surface area contributed by atoms with Gasteiger partial charge in [0.15, 0.2) is 5.82 Å². The van der Waals surface area contributed by atoms with E-state index in [1.54, 1.807) is 18.2 Å². The van der Waals surface area contributed by atoms with Crippen molar-refractivity contribution in [3.05, 3.63) is 42.0 Å². The van der Waals surface area contributed by atoms with Crippen LogP contribution in [0.1, 0.15) is 0 Å². The molecule has 2 aromatic carbocycles. The zero-order valence-corrected chi connectivity index (χ0v) is 6.55. The highest BCUT2D eigenvalue weighted by Gasteiger charge is 2.13. The van der Waals surface area contributed by atoms with Crippen molar-refractivity contribution in [3.8, 4) is 5.75 Å². The van der Waals surface area contributed by atoms with Crippen molar-refractivity contribution < 1.29 is 13.9 Å². The van der Waals surface area contributed by atoms with E-state index in [-0.39, 0.29) is 5.39 Å². The molecular formula is C10H5F2O. The molecule has 0 heterocycles. The third-order valence-electron chi connectivity index (χ3n) is 1.90. The van der Waals surface area contributed by atoms with Gasteiger partial charge in [-0.25, -0.2) is 4.39 Å². The topological polar surface area (TPSA) is 19.9 Å². The summed E-state index contributed by atoms with van der Waals surface area (Å²) in [5.74, 6) is -3.28. The highest BCUT2D eigenvalue weighted by Crippen LogP contribution is 2.29. The zero-order valence-electron chi connectivity index (χ0n) is 6.55. The van der Waals surface area contributed by atoms with Crippen LogP contribution in [0.5, 0.6) is 5.75 Å². The van der Waals surface area contributed by atoms with Gasteiger partial charge in [0.2, 0.25) is 11.6 Å². The van der Waals surface area contributed by atoms with Gasteiger partial charge in [-0.15, -0.1) is 0 Å². The van der Waals surface area contributed by atoms with Crippen LogP contribution in [0.3, 0.4) is 0 Å². The normalized spacial score (nSPS) is 10.6. The minimum Gasteiger partial charge on any atom is -0.286 e. The lowest BCUT2D eigenvalue weighted by molar-refractivity contribution is 0.326. The standard InChI is InChI=1S/C10H5F2O/c11-8-5-6-3-1-2-4-7(6)10(13)9(8)12/h1-5H. The summed E-state index contributed by atoms with van der Waals surface area (Å²) in [7, 11) is 0. The maximum absolute atomic E-state index is 12.8. The number of fused-ring (bicyclic) bond motifs is 1. The minimum atomic E-state index is -1.31. The molecule has 0 amide bonds. The Labute approximate surface area is 73.2 Å². The van der Waals surface area contributed by atoms with Gasteiger partial charge in [0.05, 0.1) is 0 Å². The van der Waals surface area contributed by atoms with Gasteiger partial charge in [0.25, 0.3) is 0 Å². The predicted molar refractivity (Wildman–Crippen MR) is 44.0 cm³/mol. The predicted octanol–water partition coefficient (Wildman–Crippen LogP) is 3.26. The summed E-state index contributed by atoms with van der Waals surface area (Å²) in [6.45, 7) is 0. The van der Waals surface area contributed by atoms with Gasteiger partial charge in [-0.1, -0.05) is 24.3 Å². The molecular weight excluding hydrogens is 174 g/mol. The van der Waals surface area contributed by atoms with Crippen molar-refractivity contribution in [2.45, 2.75) is 0 Å². The monoisotopic (exact) mass is 179 g/mol. The quantitative estimate of drug-likeness (QED) is 0.591. The number of benzene rings is 2. The number of hydrogen-bond acceptors (Lipinski definition) is 0. The summed E-state index contributed by atoms with van der Waals surface area (Å²) in [5.41, 5.74) is 0. The van der Waals surface area contributed by atoms with Gasteiger partial charge in [-0.05, 0) is 11.5 Å². The van der Waals surface area contributed by atoms with Crippen LogP contribution in [0.25, 0.3) is 10.8 Å². The number of hydrogen-bond donors (Lipinski definition) is 0. The van der Waals surface area contributed by atoms with Crippen molar-refractivity contribution in [1.29, 1.82) is 0 Å². The maximum atomic E-state index is 12.8. The van der Waals surface area contributed by atoms with Gasteiger partial charge < -0.3 is 0 Å². The molecule has 0 aliphatic rings. The van der Waals surface area contributed by atoms with E-state index in [0.717, 1.165) is 6.07 Å². The molecule has 65 valence electrons. The van der Waals surface area contributed by atoms with Gasteiger partial charge in [0.1, 0.15) is 0 Å². The molecule has 0 aliphatic carbocycles. The molecule has 1 nitrogen and oxygen atoms in total. The average Bonchev–Trinajstić information content (AvgIpc) is 2.15. The first-order chi connectivity index (χ1) is 6.20. The first-order valence-electron chi connectivity index (χ1n) is 3.74. The van der Waals surface area contributed by atoms with E-state index in [4.69, 9.17) is 0 Å². The van der Waals surface area contributed by atoms with E-state index in [9.17, 15) is 13.9 Å². The summed E-state index contributed by atoms with van der Waals surface area (Å²) in [6.07, 6.45) is 0. The first-order valence-corrected chi connectivity index (χ1v) is 3.74. The molecule has 0 aliphatic heterocycles. The lowest BCUT2D eigenvalue weighted by Crippen LogP contribution is -1.85. The van der Waals surface area contributed by atoms with Crippen molar-refractivity contribution in [1.82, 2.24) is 0 Å². The fourth-order valence-electron chi connectivity index (χ4n) is 1.26. The lowest BCUT2D eigenvalue weighted by atomic mass is 10.1. The Morgan fingerprint density at radius 1 is 1.08 bits per heavy atom. The second kappa shape index (κ2) is 2.69. The van der Waals surface area contributed by atoms with Crippen LogP contribution >= 0.6 is 0 Å². The van der Waals surface area contributed by atoms with E-state index in [0.29, 0.717) is 5.39 Å². The van der Waals surface area contributed by atoms with Crippen molar-refractivity contribution in [2.24, 2.45) is 0 Å². The molecule has 0 unspecified atom stereocenters. The van der Waals surface area contributed by atoms with Gasteiger partial charge >= 0.3 is 0 Å². The van der Waals surface area contributed by atoms with Crippen LogP contribution in [-0.2, 0) is 5.11 Å². The number of halogens is 2. The summed E-state index contributed by atoms with van der Waals surface area (Å²) >= 11 is 0. The van der Waals surface area contributed by atoms with Crippen LogP contribution < -0.4 is 0 Å². The molecule has 2 aromatic rings. The maximum Gasteiger partial charge on any atom is 0.225 e. The summed E-state index contributed by atoms with van der Waals surface area (Å²) in [6, 6.07) is 7.34. The van der Waals surface area contributed by atoms with Crippen LogP contribution in [0.2, 0.25) is 0 Å². The average molecular weight is 179 g/mol. The Kier molecular flexibility index (Phi) is 1.65. The largest absolute Gasteiger partial charge is 0.286 e. The number of rotatable bonds is 0. The fraction of sp³-hybridized carbons (Fsp3) is 0. The Bertz CT molecular complexity index is 466. The van der Waals surface area contributed by atoms with E-state index in [1.165, 1.54) is 6.07 Å². The van der Waals surface area contributed by atoms with Crippen molar-refractivity contribution in [2.75, 3.05) is 0 Å². The van der Waals surface area contributed by atoms with E-state index < -0.39 is 17.4 Å². The molecule has 2 rings (SSSR count). The van der Waals surface area contributed by atoms with Crippen LogP contribution in [0.4, 0.5) is 8.78 Å². The second-order valence-electron chi connectivity index (χ2n) is 2.72. The van der Waals surface area contributed by atoms with Gasteiger partial charge in [-0.3, -0.25) is 5.11 Å². The molecule has 0 saturated heterocycles. The molecule has 0 bridgehead atoms. The molecule has 0 aromatic heterocycles. The third kappa shape index (κ3) is 1.13. The van der Waals surface area contributed by atoms with E-state index >= 15 is 0 Å². The Hall–Kier alpha value is -1.64. The minimum absolute atomic E-state index is 0.210. The molecule has 0 N–H and O–H groups in total. The highest BCUT2D eigenvalue weighted by molar-refractivity contribution is 5.88. The molecule has 3 heteroatoms. The summed E-state index contributed by atoms with van der Waals surface area (Å²) < 4.78 is 25.5. The van der Waals surface area contributed by atoms with Crippen molar-refractivity contribution >= 4 is 10.8 Å². The first kappa shape index (κ1) is 7.98. The molecule has 13 heavy (non-hydrogen) atoms. The molecule has 1 radical (unpaired) electrons. The van der Waals surface area contributed by atoms with Gasteiger partial charge in [0, 0.05) is 5.39 Å². The summed E-state index contributed by atoms with van der Waals surface area (Å²) in [4.78, 5) is 0. The van der Waals surface area contributed by atoms with Crippen molar-refractivity contribution in [3.63, 3.8) is 0 Å². The van der Waals surface area contributed by atoms with Crippen LogP contribution in [0, 0.1) is 11.6 Å². The smallest absolute Gasteiger partial charge is 0.225 e. The van der Waals surface area contributed by atoms with E-state index in [2.05, 4.69) is 0 Å². The van der Waals surface area contributed by atoms with Crippen LogP contribution in [0.15, 0.2) is 30.3 Å². The molecule has 0 spiro atoms. The third-order valence-corrected chi connectivity index (χ3v) is 1.90. The Balaban J connectivity index is 2.94. The summed E-state index contributed by atoms with van der Waals surface area (Å²) in [5, 5.41) is 11.8. The highest BCUT2D eigenvalue weighted by atomic mass is 19.2. The Morgan fingerprint density at radius 2 is 1.77 bits per heavy atom. The lowest BCUT2D eigenvalue weighted by Gasteiger charge is -1.99. The molecule has 0 saturated carbocycles. The Morgan fingerprint density at radius 3 is 2.54 bits per heavy atom. The van der Waals surface area contributed by atoms with Gasteiger partial charge in [-0.2, -0.15) is 4.39 Å². The molecule has 0 fully saturated rings. The van der Waals surface area contributed by atoms with E-state index in [1.807, 2.05) is 0 Å². The zero-order chi connectivity index (χ0) is 9.42. The fourth-order valence-corrected chi connectivity index (χ4v) is 1.26. The van der Waals surface area contributed by atoms with Crippen LogP contribution in [-0.4, -0.2) is 0 Å². The second-order valence-corrected chi connectivity index (χ2v) is 2.72. The SMILES string of the molecule is [O]c1c(F)c(F)cc2ccccc12.